The van der Waals surface area contributed by atoms with Crippen molar-refractivity contribution in [2.75, 3.05) is 26.0 Å². The molecular formula is C16H16N4O2. The van der Waals surface area contributed by atoms with Gasteiger partial charge in [-0.1, -0.05) is 24.3 Å². The largest absolute Gasteiger partial charge is 0.377 e. The number of fused-ring (bicyclic) bond motifs is 1. The average Bonchev–Trinajstić information content (AvgIpc) is 2.55. The van der Waals surface area contributed by atoms with Gasteiger partial charge >= 0.3 is 0 Å². The van der Waals surface area contributed by atoms with Crippen LogP contribution in [0.5, 0.6) is 0 Å². The van der Waals surface area contributed by atoms with E-state index in [0.29, 0.717) is 23.5 Å². The standard InChI is InChI=1S/C16H16N4O2/c1-20(2)16(22)11-7-5-10(6-8-11)13-12-4-3-9-17-14(12)15(21)19-18-13/h3-8,17H,9H2,1-2H3,(H,19,21). The third-order valence-corrected chi connectivity index (χ3v) is 3.51. The molecule has 0 saturated heterocycles. The maximum absolute atomic E-state index is 11.9. The SMILES string of the molecule is CN(C)C(=O)c1ccc(-c2n[nH]c(=O)c3c2C=CCN3)cc1. The van der Waals surface area contributed by atoms with Crippen LogP contribution in [0.3, 0.4) is 0 Å². The molecule has 0 bridgehead atoms. The fraction of sp³-hybridized carbons (Fsp3) is 0.188. The molecule has 0 unspecified atom stereocenters. The van der Waals surface area contributed by atoms with Crippen LogP contribution >= 0.6 is 0 Å². The van der Waals surface area contributed by atoms with Crippen molar-refractivity contribution in [2.24, 2.45) is 0 Å². The third-order valence-electron chi connectivity index (χ3n) is 3.51. The van der Waals surface area contributed by atoms with Crippen molar-refractivity contribution in [2.45, 2.75) is 0 Å². The minimum absolute atomic E-state index is 0.0513. The van der Waals surface area contributed by atoms with E-state index in [0.717, 1.165) is 11.1 Å². The molecule has 0 aliphatic carbocycles. The van der Waals surface area contributed by atoms with Crippen molar-refractivity contribution in [1.82, 2.24) is 15.1 Å². The number of aromatic nitrogens is 2. The lowest BCUT2D eigenvalue weighted by Gasteiger charge is -2.15. The van der Waals surface area contributed by atoms with Crippen molar-refractivity contribution in [3.05, 3.63) is 51.8 Å². The van der Waals surface area contributed by atoms with Crippen molar-refractivity contribution < 1.29 is 4.79 Å². The summed E-state index contributed by atoms with van der Waals surface area (Å²) in [6.07, 6.45) is 3.83. The smallest absolute Gasteiger partial charge is 0.288 e. The number of nitrogens with zero attached hydrogens (tertiary/aromatic N) is 2. The molecule has 2 N–H and O–H groups in total. The number of carbonyl (C=O) groups excluding carboxylic acids is 1. The van der Waals surface area contributed by atoms with Crippen LogP contribution in [0, 0.1) is 0 Å². The molecule has 2 heterocycles. The Morgan fingerprint density at radius 2 is 1.95 bits per heavy atom. The van der Waals surface area contributed by atoms with Gasteiger partial charge in [-0.05, 0) is 12.1 Å². The lowest BCUT2D eigenvalue weighted by atomic mass is 10.0. The zero-order chi connectivity index (χ0) is 15.7. The number of aromatic amines is 1. The molecule has 1 aliphatic rings. The van der Waals surface area contributed by atoms with Crippen molar-refractivity contribution in [3.8, 4) is 11.3 Å². The topological polar surface area (TPSA) is 78.1 Å². The summed E-state index contributed by atoms with van der Waals surface area (Å²) in [5, 5.41) is 9.71. The summed E-state index contributed by atoms with van der Waals surface area (Å²) < 4.78 is 0. The Kier molecular flexibility index (Phi) is 3.50. The van der Waals surface area contributed by atoms with Crippen LogP contribution < -0.4 is 10.9 Å². The Bertz CT molecular complexity index is 804. The van der Waals surface area contributed by atoms with Crippen LogP contribution in [0.15, 0.2) is 35.1 Å². The summed E-state index contributed by atoms with van der Waals surface area (Å²) in [4.78, 5) is 25.2. The minimum atomic E-state index is -0.234. The lowest BCUT2D eigenvalue weighted by molar-refractivity contribution is 0.0827. The fourth-order valence-corrected chi connectivity index (χ4v) is 2.39. The summed E-state index contributed by atoms with van der Waals surface area (Å²) in [6.45, 7) is 0.621. The highest BCUT2D eigenvalue weighted by Gasteiger charge is 2.16. The zero-order valence-electron chi connectivity index (χ0n) is 12.4. The number of benzene rings is 1. The molecule has 112 valence electrons. The summed E-state index contributed by atoms with van der Waals surface area (Å²) in [5.41, 5.74) is 3.20. The molecule has 22 heavy (non-hydrogen) atoms. The van der Waals surface area contributed by atoms with Gasteiger partial charge in [-0.15, -0.1) is 0 Å². The molecule has 0 radical (unpaired) electrons. The Balaban J connectivity index is 2.05. The van der Waals surface area contributed by atoms with Crippen LogP contribution in [-0.2, 0) is 0 Å². The highest BCUT2D eigenvalue weighted by atomic mass is 16.2. The molecule has 6 heteroatoms. The molecule has 2 aromatic rings. The molecule has 1 aromatic heterocycles. The van der Waals surface area contributed by atoms with Crippen molar-refractivity contribution in [1.29, 1.82) is 0 Å². The Morgan fingerprint density at radius 3 is 2.64 bits per heavy atom. The molecule has 0 saturated carbocycles. The van der Waals surface area contributed by atoms with Gasteiger partial charge < -0.3 is 10.2 Å². The highest BCUT2D eigenvalue weighted by molar-refractivity contribution is 5.94. The van der Waals surface area contributed by atoms with E-state index in [1.165, 1.54) is 4.90 Å². The zero-order valence-corrected chi connectivity index (χ0v) is 12.4. The summed E-state index contributed by atoms with van der Waals surface area (Å²) in [6, 6.07) is 7.19. The molecule has 6 nitrogen and oxygen atoms in total. The average molecular weight is 296 g/mol. The van der Waals surface area contributed by atoms with Crippen LogP contribution in [0.1, 0.15) is 15.9 Å². The number of nitrogens with one attached hydrogen (secondary N) is 2. The molecule has 1 amide bonds. The van der Waals surface area contributed by atoms with Crippen LogP contribution in [-0.4, -0.2) is 41.6 Å². The van der Waals surface area contributed by atoms with E-state index in [1.54, 1.807) is 26.2 Å². The van der Waals surface area contributed by atoms with Crippen LogP contribution in [0.4, 0.5) is 5.69 Å². The van der Waals surface area contributed by atoms with Gasteiger partial charge in [0.25, 0.3) is 11.5 Å². The number of rotatable bonds is 2. The Hall–Kier alpha value is -2.89. The van der Waals surface area contributed by atoms with E-state index >= 15 is 0 Å². The molecule has 0 spiro atoms. The third kappa shape index (κ3) is 2.39. The lowest BCUT2D eigenvalue weighted by Crippen LogP contribution is -2.21. The van der Waals surface area contributed by atoms with Gasteiger partial charge in [0.2, 0.25) is 0 Å². The summed E-state index contributed by atoms with van der Waals surface area (Å²) in [5.74, 6) is -0.0513. The van der Waals surface area contributed by atoms with Crippen LogP contribution in [0.25, 0.3) is 17.3 Å². The van der Waals surface area contributed by atoms with Gasteiger partial charge in [0, 0.05) is 37.3 Å². The quantitative estimate of drug-likeness (QED) is 0.882. The monoisotopic (exact) mass is 296 g/mol. The summed E-state index contributed by atoms with van der Waals surface area (Å²) >= 11 is 0. The first-order chi connectivity index (χ1) is 10.6. The van der Waals surface area contributed by atoms with E-state index in [4.69, 9.17) is 0 Å². The second kappa shape index (κ2) is 5.48. The number of hydrogen-bond acceptors (Lipinski definition) is 4. The number of H-pyrrole nitrogens is 1. The molecular weight excluding hydrogens is 280 g/mol. The highest BCUT2D eigenvalue weighted by Crippen LogP contribution is 2.27. The van der Waals surface area contributed by atoms with E-state index < -0.39 is 0 Å². The minimum Gasteiger partial charge on any atom is -0.377 e. The second-order valence-electron chi connectivity index (χ2n) is 5.25. The molecule has 1 aliphatic heterocycles. The first kappa shape index (κ1) is 14.1. The predicted molar refractivity (Wildman–Crippen MR) is 85.8 cm³/mol. The molecule has 0 atom stereocenters. The maximum Gasteiger partial charge on any atom is 0.288 e. The van der Waals surface area contributed by atoms with Gasteiger partial charge in [0.1, 0.15) is 11.4 Å². The van der Waals surface area contributed by atoms with E-state index in [9.17, 15) is 9.59 Å². The van der Waals surface area contributed by atoms with Crippen molar-refractivity contribution >= 4 is 17.7 Å². The predicted octanol–water partition coefficient (Wildman–Crippen LogP) is 1.58. The maximum atomic E-state index is 11.9. The van der Waals surface area contributed by atoms with E-state index in [2.05, 4.69) is 15.5 Å². The van der Waals surface area contributed by atoms with Gasteiger partial charge in [-0.3, -0.25) is 9.59 Å². The van der Waals surface area contributed by atoms with Crippen molar-refractivity contribution in [3.63, 3.8) is 0 Å². The first-order valence-corrected chi connectivity index (χ1v) is 6.93. The molecule has 3 rings (SSSR count). The Labute approximate surface area is 127 Å². The van der Waals surface area contributed by atoms with E-state index in [-0.39, 0.29) is 11.5 Å². The summed E-state index contributed by atoms with van der Waals surface area (Å²) in [7, 11) is 3.43. The van der Waals surface area contributed by atoms with Gasteiger partial charge in [-0.2, -0.15) is 5.10 Å². The number of hydrogen-bond donors (Lipinski definition) is 2. The normalized spacial score (nSPS) is 12.5. The van der Waals surface area contributed by atoms with Gasteiger partial charge in [0.15, 0.2) is 0 Å². The van der Waals surface area contributed by atoms with E-state index in [1.807, 2.05) is 24.3 Å². The molecule has 0 fully saturated rings. The number of anilines is 1. The number of amides is 1. The molecule has 1 aromatic carbocycles. The van der Waals surface area contributed by atoms with Crippen LogP contribution in [0.2, 0.25) is 0 Å². The van der Waals surface area contributed by atoms with Gasteiger partial charge in [0.05, 0.1) is 0 Å². The van der Waals surface area contributed by atoms with Gasteiger partial charge in [-0.25, -0.2) is 5.10 Å². The fourth-order valence-electron chi connectivity index (χ4n) is 2.39. The Morgan fingerprint density at radius 1 is 1.23 bits per heavy atom. The first-order valence-electron chi connectivity index (χ1n) is 6.93. The second-order valence-corrected chi connectivity index (χ2v) is 5.25. The number of carbonyl (C=O) groups is 1.